The molecule has 1 aliphatic rings. The highest BCUT2D eigenvalue weighted by Crippen LogP contribution is 2.19. The zero-order valence-corrected chi connectivity index (χ0v) is 7.77. The molecule has 1 saturated carbocycles. The first-order valence-electron chi connectivity index (χ1n) is 4.53. The number of allylic oxidation sites excluding steroid dienone is 1. The fourth-order valence-electron chi connectivity index (χ4n) is 1.78. The molecule has 2 atom stereocenters. The van der Waals surface area contributed by atoms with Gasteiger partial charge in [0.1, 0.15) is 0 Å². The van der Waals surface area contributed by atoms with E-state index in [2.05, 4.69) is 23.8 Å². The summed E-state index contributed by atoms with van der Waals surface area (Å²) in [5.74, 6) is 0. The number of nitrogens with one attached hydrogen (secondary N) is 2. The van der Waals surface area contributed by atoms with Gasteiger partial charge in [0.25, 0.3) is 0 Å². The number of hydrogen-bond acceptors (Lipinski definition) is 2. The molecule has 68 valence electrons. The molecule has 0 heterocycles. The van der Waals surface area contributed by atoms with Crippen molar-refractivity contribution >= 4 is 0 Å². The van der Waals surface area contributed by atoms with Gasteiger partial charge < -0.3 is 10.6 Å². The molecule has 0 radical (unpaired) electrons. The molecule has 2 nitrogen and oxygen atoms in total. The normalized spacial score (nSPS) is 28.4. The summed E-state index contributed by atoms with van der Waals surface area (Å²) in [7, 11) is 2.02. The number of rotatable bonds is 4. The summed E-state index contributed by atoms with van der Waals surface area (Å²) < 4.78 is 0. The minimum atomic E-state index is 0.542. The fraction of sp³-hybridized carbons (Fsp3) is 0.600. The van der Waals surface area contributed by atoms with Crippen LogP contribution in [0.2, 0.25) is 0 Å². The van der Waals surface area contributed by atoms with Gasteiger partial charge in [-0.1, -0.05) is 13.2 Å². The Morgan fingerprint density at radius 2 is 2.08 bits per heavy atom. The standard InChI is InChI=1S/C10H18N2/c1-4-8(2)12-10-7-5-6-9(10)11-3/h4,9-12H,1-2,5-7H2,3H3. The Morgan fingerprint density at radius 1 is 1.42 bits per heavy atom. The Balaban J connectivity index is 2.40. The van der Waals surface area contributed by atoms with Crippen molar-refractivity contribution in [3.05, 3.63) is 24.9 Å². The highest BCUT2D eigenvalue weighted by molar-refractivity contribution is 5.11. The van der Waals surface area contributed by atoms with E-state index in [4.69, 9.17) is 0 Å². The number of likely N-dealkylation sites (N-methyl/N-ethyl adjacent to an activating group) is 1. The topological polar surface area (TPSA) is 24.1 Å². The summed E-state index contributed by atoms with van der Waals surface area (Å²) in [6.45, 7) is 7.52. The minimum Gasteiger partial charge on any atom is -0.381 e. The lowest BCUT2D eigenvalue weighted by atomic mass is 10.1. The van der Waals surface area contributed by atoms with Crippen molar-refractivity contribution in [1.29, 1.82) is 0 Å². The third-order valence-electron chi connectivity index (χ3n) is 2.50. The molecule has 2 unspecified atom stereocenters. The van der Waals surface area contributed by atoms with Gasteiger partial charge in [-0.25, -0.2) is 0 Å². The van der Waals surface area contributed by atoms with Gasteiger partial charge in [0, 0.05) is 17.8 Å². The maximum absolute atomic E-state index is 3.85. The summed E-state index contributed by atoms with van der Waals surface area (Å²) in [6.07, 6.45) is 5.57. The molecule has 12 heavy (non-hydrogen) atoms. The van der Waals surface area contributed by atoms with Gasteiger partial charge in [-0.2, -0.15) is 0 Å². The second kappa shape index (κ2) is 4.31. The molecule has 1 aliphatic carbocycles. The zero-order valence-electron chi connectivity index (χ0n) is 7.77. The molecule has 0 saturated heterocycles. The Hall–Kier alpha value is -0.760. The lowest BCUT2D eigenvalue weighted by Gasteiger charge is -2.21. The fourth-order valence-corrected chi connectivity index (χ4v) is 1.78. The maximum atomic E-state index is 3.85. The van der Waals surface area contributed by atoms with Crippen LogP contribution >= 0.6 is 0 Å². The average Bonchev–Trinajstić information content (AvgIpc) is 2.51. The molecule has 0 aromatic rings. The molecule has 0 aromatic heterocycles. The van der Waals surface area contributed by atoms with Gasteiger partial charge in [-0.3, -0.25) is 0 Å². The molecule has 2 N–H and O–H groups in total. The lowest BCUT2D eigenvalue weighted by Crippen LogP contribution is -2.41. The van der Waals surface area contributed by atoms with Crippen LogP contribution in [0.4, 0.5) is 0 Å². The van der Waals surface area contributed by atoms with Crippen LogP contribution in [0.15, 0.2) is 24.9 Å². The molecule has 2 heteroatoms. The maximum Gasteiger partial charge on any atom is 0.0414 e. The summed E-state index contributed by atoms with van der Waals surface area (Å²) >= 11 is 0. The van der Waals surface area contributed by atoms with E-state index in [0.717, 1.165) is 5.70 Å². The van der Waals surface area contributed by atoms with Crippen molar-refractivity contribution < 1.29 is 0 Å². The van der Waals surface area contributed by atoms with Crippen LogP contribution in [0.1, 0.15) is 19.3 Å². The first kappa shape index (κ1) is 9.33. The smallest absolute Gasteiger partial charge is 0.0414 e. The average molecular weight is 166 g/mol. The SMILES string of the molecule is C=CC(=C)NC1CCCC1NC. The van der Waals surface area contributed by atoms with Gasteiger partial charge in [-0.05, 0) is 32.4 Å². The first-order valence-corrected chi connectivity index (χ1v) is 4.53. The monoisotopic (exact) mass is 166 g/mol. The summed E-state index contributed by atoms with van der Waals surface area (Å²) in [4.78, 5) is 0. The molecule has 0 bridgehead atoms. The second-order valence-electron chi connectivity index (χ2n) is 3.31. The van der Waals surface area contributed by atoms with Crippen LogP contribution < -0.4 is 10.6 Å². The van der Waals surface area contributed by atoms with Crippen LogP contribution in [0.25, 0.3) is 0 Å². The van der Waals surface area contributed by atoms with Crippen molar-refractivity contribution in [1.82, 2.24) is 10.6 Å². The van der Waals surface area contributed by atoms with Gasteiger partial charge in [0.05, 0.1) is 0 Å². The molecular weight excluding hydrogens is 148 g/mol. The Bertz CT molecular complexity index is 175. The van der Waals surface area contributed by atoms with E-state index in [9.17, 15) is 0 Å². The quantitative estimate of drug-likeness (QED) is 0.617. The Morgan fingerprint density at radius 3 is 2.67 bits per heavy atom. The molecule has 0 amide bonds. The largest absolute Gasteiger partial charge is 0.381 e. The predicted molar refractivity (Wildman–Crippen MR) is 53.0 cm³/mol. The first-order chi connectivity index (χ1) is 5.77. The molecule has 1 rings (SSSR count). The van der Waals surface area contributed by atoms with Crippen LogP contribution in [-0.4, -0.2) is 19.1 Å². The van der Waals surface area contributed by atoms with Crippen LogP contribution in [-0.2, 0) is 0 Å². The van der Waals surface area contributed by atoms with E-state index in [0.29, 0.717) is 12.1 Å². The van der Waals surface area contributed by atoms with Gasteiger partial charge in [0.15, 0.2) is 0 Å². The second-order valence-corrected chi connectivity index (χ2v) is 3.31. The van der Waals surface area contributed by atoms with Gasteiger partial charge >= 0.3 is 0 Å². The molecular formula is C10H18N2. The van der Waals surface area contributed by atoms with E-state index in [1.807, 2.05) is 7.05 Å². The van der Waals surface area contributed by atoms with Crippen molar-refractivity contribution in [3.8, 4) is 0 Å². The summed E-state index contributed by atoms with van der Waals surface area (Å²) in [5, 5.41) is 6.66. The molecule has 1 fully saturated rings. The number of hydrogen-bond donors (Lipinski definition) is 2. The van der Waals surface area contributed by atoms with Crippen LogP contribution in [0.3, 0.4) is 0 Å². The van der Waals surface area contributed by atoms with E-state index in [-0.39, 0.29) is 0 Å². The Labute approximate surface area is 74.7 Å². The van der Waals surface area contributed by atoms with Crippen molar-refractivity contribution in [2.75, 3.05) is 7.05 Å². The minimum absolute atomic E-state index is 0.542. The highest BCUT2D eigenvalue weighted by atomic mass is 15.0. The predicted octanol–water partition coefficient (Wildman–Crippen LogP) is 1.42. The summed E-state index contributed by atoms with van der Waals surface area (Å²) in [6, 6.07) is 1.14. The Kier molecular flexibility index (Phi) is 3.35. The van der Waals surface area contributed by atoms with E-state index < -0.39 is 0 Å². The summed E-state index contributed by atoms with van der Waals surface area (Å²) in [5.41, 5.74) is 0.933. The van der Waals surface area contributed by atoms with Gasteiger partial charge in [0.2, 0.25) is 0 Å². The van der Waals surface area contributed by atoms with E-state index in [1.165, 1.54) is 19.3 Å². The highest BCUT2D eigenvalue weighted by Gasteiger charge is 2.25. The molecule has 0 aliphatic heterocycles. The van der Waals surface area contributed by atoms with Crippen LogP contribution in [0.5, 0.6) is 0 Å². The molecule has 0 aromatic carbocycles. The van der Waals surface area contributed by atoms with Crippen LogP contribution in [0, 0.1) is 0 Å². The van der Waals surface area contributed by atoms with Gasteiger partial charge in [-0.15, -0.1) is 0 Å². The third-order valence-corrected chi connectivity index (χ3v) is 2.50. The van der Waals surface area contributed by atoms with E-state index in [1.54, 1.807) is 6.08 Å². The zero-order chi connectivity index (χ0) is 8.97. The van der Waals surface area contributed by atoms with E-state index >= 15 is 0 Å². The molecule has 0 spiro atoms. The lowest BCUT2D eigenvalue weighted by molar-refractivity contribution is 0.467. The van der Waals surface area contributed by atoms with Crippen molar-refractivity contribution in [2.24, 2.45) is 0 Å². The van der Waals surface area contributed by atoms with Crippen molar-refractivity contribution in [2.45, 2.75) is 31.3 Å². The third kappa shape index (κ3) is 2.11. The van der Waals surface area contributed by atoms with Crippen molar-refractivity contribution in [3.63, 3.8) is 0 Å².